The van der Waals surface area contributed by atoms with Crippen LogP contribution in [-0.2, 0) is 6.42 Å². The van der Waals surface area contributed by atoms with Crippen molar-refractivity contribution in [2.45, 2.75) is 25.3 Å². The smallest absolute Gasteiger partial charge is 0.251 e. The number of hydrogen-bond acceptors (Lipinski definition) is 3. The van der Waals surface area contributed by atoms with Crippen molar-refractivity contribution >= 4 is 35.8 Å². The number of nitrogens with one attached hydrogen (secondary N) is 3. The van der Waals surface area contributed by atoms with Crippen molar-refractivity contribution in [3.8, 4) is 0 Å². The summed E-state index contributed by atoms with van der Waals surface area (Å²) in [5.41, 5.74) is 1.83. The van der Waals surface area contributed by atoms with Gasteiger partial charge in [-0.1, -0.05) is 12.1 Å². The van der Waals surface area contributed by atoms with Crippen molar-refractivity contribution in [3.63, 3.8) is 0 Å². The summed E-state index contributed by atoms with van der Waals surface area (Å²) >= 11 is 0. The fraction of sp³-hybridized carbons (Fsp3) is 0.579. The van der Waals surface area contributed by atoms with E-state index in [0.717, 1.165) is 37.0 Å². The van der Waals surface area contributed by atoms with E-state index < -0.39 is 0 Å². The van der Waals surface area contributed by atoms with Crippen LogP contribution in [0.2, 0.25) is 0 Å². The first-order chi connectivity index (χ1) is 12.0. The first kappa shape index (κ1) is 22.7. The first-order valence-electron chi connectivity index (χ1n) is 8.97. The van der Waals surface area contributed by atoms with E-state index >= 15 is 0 Å². The van der Waals surface area contributed by atoms with E-state index in [1.54, 1.807) is 14.1 Å². The van der Waals surface area contributed by atoms with Crippen LogP contribution in [0.3, 0.4) is 0 Å². The highest BCUT2D eigenvalue weighted by Crippen LogP contribution is 2.34. The lowest BCUT2D eigenvalue weighted by molar-refractivity contribution is 0.0963. The third kappa shape index (κ3) is 7.11. The zero-order chi connectivity index (χ0) is 18.2. The second-order valence-corrected chi connectivity index (χ2v) is 6.78. The van der Waals surface area contributed by atoms with E-state index in [1.165, 1.54) is 12.8 Å². The molecule has 1 amide bonds. The summed E-state index contributed by atoms with van der Waals surface area (Å²) < 4.78 is 0. The van der Waals surface area contributed by atoms with E-state index in [2.05, 4.69) is 39.9 Å². The van der Waals surface area contributed by atoms with Gasteiger partial charge in [0, 0.05) is 38.8 Å². The topological polar surface area (TPSA) is 68.8 Å². The zero-order valence-corrected chi connectivity index (χ0v) is 18.5. The van der Waals surface area contributed by atoms with Gasteiger partial charge in [-0.15, -0.1) is 24.0 Å². The number of carbonyl (C=O) groups excluding carboxylic acids is 1. The molecule has 0 radical (unpaired) electrons. The number of hydrogen-bond donors (Lipinski definition) is 3. The summed E-state index contributed by atoms with van der Waals surface area (Å²) in [5.74, 6) is 1.59. The number of halogens is 1. The molecular weight excluding hydrogens is 441 g/mol. The van der Waals surface area contributed by atoms with Gasteiger partial charge >= 0.3 is 0 Å². The average Bonchev–Trinajstić information content (AvgIpc) is 3.44. The number of likely N-dealkylation sites (N-methyl/N-ethyl adjacent to an activating group) is 1. The minimum atomic E-state index is -0.0536. The van der Waals surface area contributed by atoms with E-state index in [-0.39, 0.29) is 29.9 Å². The molecule has 0 bridgehead atoms. The molecule has 0 saturated heterocycles. The second kappa shape index (κ2) is 11.4. The van der Waals surface area contributed by atoms with Crippen molar-refractivity contribution in [2.75, 3.05) is 41.3 Å². The SMILES string of the molecule is CN=C(NCCc1cccc(C(=O)NC)c1)NCC(C1CC1)N(C)C.I. The Labute approximate surface area is 174 Å². The molecule has 1 aliphatic carbocycles. The van der Waals surface area contributed by atoms with Crippen LogP contribution in [0.15, 0.2) is 29.3 Å². The summed E-state index contributed by atoms with van der Waals surface area (Å²) in [7, 11) is 7.72. The highest BCUT2D eigenvalue weighted by atomic mass is 127. The van der Waals surface area contributed by atoms with Gasteiger partial charge < -0.3 is 20.9 Å². The minimum absolute atomic E-state index is 0. The van der Waals surface area contributed by atoms with Gasteiger partial charge in [0.25, 0.3) is 5.91 Å². The maximum Gasteiger partial charge on any atom is 0.251 e. The standard InChI is InChI=1S/C19H31N5O.HI/c1-20-18(25)16-7-5-6-14(12-16)10-11-22-19(21-2)23-13-17(24(3)4)15-8-9-15;/h5-7,12,15,17H,8-11,13H2,1-4H3,(H,20,25)(H2,21,22,23);1H. The Balaban J connectivity index is 0.00000338. The Morgan fingerprint density at radius 3 is 2.62 bits per heavy atom. The van der Waals surface area contributed by atoms with Crippen LogP contribution in [0, 0.1) is 5.92 Å². The Morgan fingerprint density at radius 2 is 2.04 bits per heavy atom. The summed E-state index contributed by atoms with van der Waals surface area (Å²) in [6.45, 7) is 1.68. The number of rotatable bonds is 8. The van der Waals surface area contributed by atoms with Crippen molar-refractivity contribution in [1.82, 2.24) is 20.9 Å². The molecule has 146 valence electrons. The fourth-order valence-electron chi connectivity index (χ4n) is 3.01. The van der Waals surface area contributed by atoms with Gasteiger partial charge in [0.2, 0.25) is 0 Å². The second-order valence-electron chi connectivity index (χ2n) is 6.78. The molecule has 1 atom stereocenters. The van der Waals surface area contributed by atoms with Crippen molar-refractivity contribution in [2.24, 2.45) is 10.9 Å². The van der Waals surface area contributed by atoms with E-state index in [1.807, 2.05) is 24.3 Å². The summed E-state index contributed by atoms with van der Waals surface area (Å²) in [6.07, 6.45) is 3.50. The van der Waals surface area contributed by atoms with E-state index in [4.69, 9.17) is 0 Å². The highest BCUT2D eigenvalue weighted by molar-refractivity contribution is 14.0. The van der Waals surface area contributed by atoms with Crippen molar-refractivity contribution in [3.05, 3.63) is 35.4 Å². The zero-order valence-electron chi connectivity index (χ0n) is 16.2. The molecule has 1 aliphatic rings. The molecule has 1 fully saturated rings. The van der Waals surface area contributed by atoms with E-state index in [9.17, 15) is 4.79 Å². The molecule has 2 rings (SSSR count). The maximum atomic E-state index is 11.7. The van der Waals surface area contributed by atoms with Gasteiger partial charge in [0.1, 0.15) is 0 Å². The fourth-order valence-corrected chi connectivity index (χ4v) is 3.01. The number of carbonyl (C=O) groups is 1. The van der Waals surface area contributed by atoms with Gasteiger partial charge in [-0.2, -0.15) is 0 Å². The van der Waals surface area contributed by atoms with Crippen LogP contribution in [0.1, 0.15) is 28.8 Å². The first-order valence-corrected chi connectivity index (χ1v) is 8.97. The van der Waals surface area contributed by atoms with Gasteiger partial charge in [-0.3, -0.25) is 9.79 Å². The lowest BCUT2D eigenvalue weighted by Crippen LogP contribution is -2.46. The van der Waals surface area contributed by atoms with Crippen LogP contribution >= 0.6 is 24.0 Å². The predicted molar refractivity (Wildman–Crippen MR) is 119 cm³/mol. The lowest BCUT2D eigenvalue weighted by Gasteiger charge is -2.25. The quantitative estimate of drug-likeness (QED) is 0.306. The normalized spacial score (nSPS) is 15.2. The Hall–Kier alpha value is -1.35. The van der Waals surface area contributed by atoms with Crippen LogP contribution in [0.5, 0.6) is 0 Å². The average molecular weight is 473 g/mol. The highest BCUT2D eigenvalue weighted by Gasteiger charge is 2.32. The minimum Gasteiger partial charge on any atom is -0.356 e. The van der Waals surface area contributed by atoms with Gasteiger partial charge in [-0.05, 0) is 57.0 Å². The molecule has 1 aromatic rings. The molecule has 3 N–H and O–H groups in total. The van der Waals surface area contributed by atoms with Gasteiger partial charge in [0.15, 0.2) is 5.96 Å². The number of amides is 1. The number of guanidine groups is 1. The molecule has 0 aliphatic heterocycles. The van der Waals surface area contributed by atoms with E-state index in [0.29, 0.717) is 11.6 Å². The largest absolute Gasteiger partial charge is 0.356 e. The molecule has 0 heterocycles. The van der Waals surface area contributed by atoms with Crippen molar-refractivity contribution in [1.29, 1.82) is 0 Å². The van der Waals surface area contributed by atoms with Crippen LogP contribution in [0.4, 0.5) is 0 Å². The number of benzene rings is 1. The molecule has 1 saturated carbocycles. The monoisotopic (exact) mass is 473 g/mol. The third-order valence-electron chi connectivity index (χ3n) is 4.65. The molecule has 6 nitrogen and oxygen atoms in total. The van der Waals surface area contributed by atoms with Crippen LogP contribution in [0.25, 0.3) is 0 Å². The molecular formula is C19H32IN5O. The molecule has 7 heteroatoms. The van der Waals surface area contributed by atoms with Gasteiger partial charge in [0.05, 0.1) is 0 Å². The molecule has 1 aromatic carbocycles. The lowest BCUT2D eigenvalue weighted by atomic mass is 10.1. The third-order valence-corrected chi connectivity index (χ3v) is 4.65. The Kier molecular flexibility index (Phi) is 9.93. The Bertz CT molecular complexity index is 599. The number of nitrogens with zero attached hydrogens (tertiary/aromatic N) is 2. The Morgan fingerprint density at radius 1 is 1.31 bits per heavy atom. The van der Waals surface area contributed by atoms with Crippen LogP contribution < -0.4 is 16.0 Å². The number of aliphatic imine (C=N–C) groups is 1. The summed E-state index contributed by atoms with van der Waals surface area (Å²) in [6, 6.07) is 8.29. The summed E-state index contributed by atoms with van der Waals surface area (Å²) in [4.78, 5) is 18.3. The molecule has 0 aromatic heterocycles. The molecule has 0 spiro atoms. The maximum absolute atomic E-state index is 11.7. The molecule has 1 unspecified atom stereocenters. The van der Waals surface area contributed by atoms with Gasteiger partial charge in [-0.25, -0.2) is 0 Å². The summed E-state index contributed by atoms with van der Waals surface area (Å²) in [5, 5.41) is 9.44. The van der Waals surface area contributed by atoms with Crippen LogP contribution in [-0.4, -0.2) is 64.1 Å². The predicted octanol–water partition coefficient (Wildman–Crippen LogP) is 1.71. The van der Waals surface area contributed by atoms with Crippen molar-refractivity contribution < 1.29 is 4.79 Å². The molecule has 26 heavy (non-hydrogen) atoms.